The van der Waals surface area contributed by atoms with Gasteiger partial charge in [0.25, 0.3) is 0 Å². The van der Waals surface area contributed by atoms with E-state index in [0.29, 0.717) is 31.2 Å². The number of hydroxylamine groups is 1. The Balaban J connectivity index is 1.57. The van der Waals surface area contributed by atoms with Crippen molar-refractivity contribution in [2.24, 2.45) is 11.8 Å². The SMILES string of the molecule is CCC(C)C(=O)ONC(=O)OCC1CCC2OC2C1. The lowest BCUT2D eigenvalue weighted by Gasteiger charge is -2.18. The van der Waals surface area contributed by atoms with E-state index in [-0.39, 0.29) is 5.92 Å². The fraction of sp³-hybridized carbons (Fsp3) is 0.846. The van der Waals surface area contributed by atoms with Crippen molar-refractivity contribution in [2.75, 3.05) is 6.61 Å². The highest BCUT2D eigenvalue weighted by atomic mass is 16.7. The van der Waals surface area contributed by atoms with Gasteiger partial charge < -0.3 is 14.3 Å². The van der Waals surface area contributed by atoms with Crippen LogP contribution in [-0.2, 0) is 19.1 Å². The summed E-state index contributed by atoms with van der Waals surface area (Å²) in [7, 11) is 0. The van der Waals surface area contributed by atoms with Gasteiger partial charge in [-0.25, -0.2) is 9.59 Å². The molecule has 1 heterocycles. The van der Waals surface area contributed by atoms with Gasteiger partial charge in [-0.3, -0.25) is 0 Å². The Labute approximate surface area is 112 Å². The molecule has 0 aromatic heterocycles. The average Bonchev–Trinajstić information content (AvgIpc) is 3.19. The first-order valence-electron chi connectivity index (χ1n) is 6.89. The number of carbonyl (C=O) groups excluding carboxylic acids is 2. The second kappa shape index (κ2) is 6.23. The average molecular weight is 271 g/mol. The van der Waals surface area contributed by atoms with Crippen molar-refractivity contribution in [2.45, 2.75) is 51.7 Å². The molecule has 1 saturated heterocycles. The van der Waals surface area contributed by atoms with Crippen LogP contribution < -0.4 is 5.48 Å². The number of epoxide rings is 1. The molecule has 1 aliphatic carbocycles. The molecule has 0 aromatic carbocycles. The van der Waals surface area contributed by atoms with Gasteiger partial charge in [0, 0.05) is 0 Å². The molecule has 0 bridgehead atoms. The highest BCUT2D eigenvalue weighted by molar-refractivity contribution is 5.74. The van der Waals surface area contributed by atoms with Gasteiger partial charge in [-0.15, -0.1) is 5.48 Å². The van der Waals surface area contributed by atoms with Crippen LogP contribution in [-0.4, -0.2) is 30.9 Å². The van der Waals surface area contributed by atoms with Crippen molar-refractivity contribution in [1.82, 2.24) is 5.48 Å². The van der Waals surface area contributed by atoms with E-state index in [9.17, 15) is 9.59 Å². The minimum Gasteiger partial charge on any atom is -0.447 e. The van der Waals surface area contributed by atoms with Crippen molar-refractivity contribution in [1.29, 1.82) is 0 Å². The first-order valence-corrected chi connectivity index (χ1v) is 6.89. The summed E-state index contributed by atoms with van der Waals surface area (Å²) < 4.78 is 10.4. The summed E-state index contributed by atoms with van der Waals surface area (Å²) >= 11 is 0. The third kappa shape index (κ3) is 4.09. The predicted molar refractivity (Wildman–Crippen MR) is 66.0 cm³/mol. The van der Waals surface area contributed by atoms with Crippen molar-refractivity contribution < 1.29 is 23.9 Å². The van der Waals surface area contributed by atoms with Gasteiger partial charge in [0.15, 0.2) is 0 Å². The van der Waals surface area contributed by atoms with E-state index >= 15 is 0 Å². The molecule has 4 atom stereocenters. The Kier molecular flexibility index (Phi) is 4.63. The maximum atomic E-state index is 11.4. The molecule has 0 spiro atoms. The summed E-state index contributed by atoms with van der Waals surface area (Å²) in [6.45, 7) is 3.96. The van der Waals surface area contributed by atoms with E-state index in [1.807, 2.05) is 12.4 Å². The number of ether oxygens (including phenoxy) is 2. The molecule has 2 fully saturated rings. The zero-order valence-corrected chi connectivity index (χ0v) is 11.4. The van der Waals surface area contributed by atoms with Gasteiger partial charge in [0.1, 0.15) is 0 Å². The van der Waals surface area contributed by atoms with E-state index in [4.69, 9.17) is 9.47 Å². The third-order valence-electron chi connectivity index (χ3n) is 3.81. The normalized spacial score (nSPS) is 29.9. The molecule has 108 valence electrons. The molecule has 1 aliphatic heterocycles. The monoisotopic (exact) mass is 271 g/mol. The number of amides is 1. The van der Waals surface area contributed by atoms with Gasteiger partial charge in [0.05, 0.1) is 24.7 Å². The van der Waals surface area contributed by atoms with Crippen molar-refractivity contribution in [3.05, 3.63) is 0 Å². The molecule has 1 N–H and O–H groups in total. The van der Waals surface area contributed by atoms with Crippen LogP contribution in [0.3, 0.4) is 0 Å². The van der Waals surface area contributed by atoms with Crippen molar-refractivity contribution in [3.63, 3.8) is 0 Å². The van der Waals surface area contributed by atoms with Crippen LogP contribution in [0.4, 0.5) is 4.79 Å². The lowest BCUT2D eigenvalue weighted by molar-refractivity contribution is -0.154. The zero-order valence-electron chi connectivity index (χ0n) is 11.4. The topological polar surface area (TPSA) is 77.2 Å². The molecule has 6 nitrogen and oxygen atoms in total. The summed E-state index contributed by atoms with van der Waals surface area (Å²) in [5, 5.41) is 0. The van der Waals surface area contributed by atoms with Crippen LogP contribution in [0.5, 0.6) is 0 Å². The Morgan fingerprint density at radius 2 is 2.16 bits per heavy atom. The molecule has 19 heavy (non-hydrogen) atoms. The second-order valence-electron chi connectivity index (χ2n) is 5.32. The van der Waals surface area contributed by atoms with E-state index in [1.54, 1.807) is 6.92 Å². The number of nitrogens with one attached hydrogen (secondary N) is 1. The summed E-state index contributed by atoms with van der Waals surface area (Å²) in [4.78, 5) is 27.3. The number of hydrogen-bond acceptors (Lipinski definition) is 5. The zero-order chi connectivity index (χ0) is 13.8. The quantitative estimate of drug-likeness (QED) is 0.623. The van der Waals surface area contributed by atoms with E-state index in [1.165, 1.54) is 0 Å². The maximum absolute atomic E-state index is 11.4. The van der Waals surface area contributed by atoms with Crippen LogP contribution in [0.1, 0.15) is 39.5 Å². The molecule has 0 aromatic rings. The minimum absolute atomic E-state index is 0.234. The fourth-order valence-corrected chi connectivity index (χ4v) is 2.22. The van der Waals surface area contributed by atoms with Gasteiger partial charge in [-0.05, 0) is 31.6 Å². The van der Waals surface area contributed by atoms with Crippen LogP contribution in [0.25, 0.3) is 0 Å². The molecule has 4 unspecified atom stereocenters. The largest absolute Gasteiger partial charge is 0.447 e. The number of hydrogen-bond donors (Lipinski definition) is 1. The fourth-order valence-electron chi connectivity index (χ4n) is 2.22. The van der Waals surface area contributed by atoms with Crippen LogP contribution in [0.2, 0.25) is 0 Å². The van der Waals surface area contributed by atoms with E-state index in [0.717, 1.165) is 19.3 Å². The van der Waals surface area contributed by atoms with Gasteiger partial charge in [0.2, 0.25) is 0 Å². The van der Waals surface area contributed by atoms with Crippen molar-refractivity contribution >= 4 is 12.1 Å². The summed E-state index contributed by atoms with van der Waals surface area (Å²) in [6.07, 6.45) is 3.78. The molecule has 0 radical (unpaired) electrons. The molecule has 2 aliphatic rings. The molecular formula is C13H21NO5. The van der Waals surface area contributed by atoms with Gasteiger partial charge >= 0.3 is 12.1 Å². The number of fused-ring (bicyclic) bond motifs is 1. The Morgan fingerprint density at radius 1 is 1.37 bits per heavy atom. The summed E-state index contributed by atoms with van der Waals surface area (Å²) in [5.74, 6) is -0.339. The van der Waals surface area contributed by atoms with E-state index in [2.05, 4.69) is 4.84 Å². The first kappa shape index (κ1) is 14.1. The Morgan fingerprint density at radius 3 is 2.84 bits per heavy atom. The highest BCUT2D eigenvalue weighted by Gasteiger charge is 2.44. The molecule has 2 rings (SSSR count). The molecular weight excluding hydrogens is 250 g/mol. The second-order valence-corrected chi connectivity index (χ2v) is 5.32. The number of carbonyl (C=O) groups is 2. The van der Waals surface area contributed by atoms with Crippen LogP contribution in [0.15, 0.2) is 0 Å². The van der Waals surface area contributed by atoms with Crippen LogP contribution in [0, 0.1) is 11.8 Å². The smallest absolute Gasteiger partial charge is 0.440 e. The molecule has 1 amide bonds. The third-order valence-corrected chi connectivity index (χ3v) is 3.81. The van der Waals surface area contributed by atoms with Crippen LogP contribution >= 0.6 is 0 Å². The summed E-state index contributed by atoms with van der Waals surface area (Å²) in [5.41, 5.74) is 2.02. The highest BCUT2D eigenvalue weighted by Crippen LogP contribution is 2.39. The first-order chi connectivity index (χ1) is 9.10. The number of rotatable bonds is 4. The summed E-state index contributed by atoms with van der Waals surface area (Å²) in [6, 6.07) is 0. The lowest BCUT2D eigenvalue weighted by Crippen LogP contribution is -2.31. The molecule has 1 saturated carbocycles. The standard InChI is InChI=1S/C13H21NO5/c1-3-8(2)12(15)19-14-13(16)17-7-9-4-5-10-11(6-9)18-10/h8-11H,3-7H2,1-2H3,(H,14,16). The lowest BCUT2D eigenvalue weighted by atomic mass is 9.90. The van der Waals surface area contributed by atoms with Crippen molar-refractivity contribution in [3.8, 4) is 0 Å². The maximum Gasteiger partial charge on any atom is 0.440 e. The van der Waals surface area contributed by atoms with E-state index < -0.39 is 12.1 Å². The predicted octanol–water partition coefficient (Wildman–Crippen LogP) is 1.78. The Hall–Kier alpha value is -1.30. The minimum atomic E-state index is -0.713. The van der Waals surface area contributed by atoms with Gasteiger partial charge in [-0.1, -0.05) is 13.8 Å². The Bertz CT molecular complexity index is 346. The molecule has 6 heteroatoms. The van der Waals surface area contributed by atoms with Gasteiger partial charge in [-0.2, -0.15) is 0 Å².